The van der Waals surface area contributed by atoms with Gasteiger partial charge < -0.3 is 18.8 Å². The molecule has 0 fully saturated rings. The van der Waals surface area contributed by atoms with Crippen molar-refractivity contribution in [3.05, 3.63) is 81.1 Å². The van der Waals surface area contributed by atoms with Crippen LogP contribution in [0.25, 0.3) is 11.3 Å². The molecule has 1 aromatic heterocycles. The normalized spacial score (nSPS) is 15.8. The first-order valence-electron chi connectivity index (χ1n) is 11.9. The number of ether oxygens (including phenoxy) is 3. The summed E-state index contributed by atoms with van der Waals surface area (Å²) in [6, 6.07) is 13.8. The summed E-state index contributed by atoms with van der Waals surface area (Å²) in [5, 5.41) is 0. The quantitative estimate of drug-likeness (QED) is 0.488. The fourth-order valence-electron chi connectivity index (χ4n) is 4.99. The van der Waals surface area contributed by atoms with Gasteiger partial charge in [-0.25, -0.2) is 4.79 Å². The standard InChI is InChI=1S/C28H29NO5/c1-4-32-28(31)21-15-29-22(17(2)3)12-19-13-25(34-16-18-8-6-5-7-9-18)27-20(10-11-33-27)26(19)23(29)14-24(21)30/h5-9,13-15,17,22H,4,10-12,16H2,1-3H3. The molecule has 0 spiro atoms. The summed E-state index contributed by atoms with van der Waals surface area (Å²) in [5.74, 6) is 1.22. The smallest absolute Gasteiger partial charge is 0.343 e. The number of aromatic nitrogens is 1. The van der Waals surface area contributed by atoms with Crippen LogP contribution in [0.3, 0.4) is 0 Å². The minimum atomic E-state index is -0.575. The van der Waals surface area contributed by atoms with Gasteiger partial charge in [-0.2, -0.15) is 0 Å². The lowest BCUT2D eigenvalue weighted by Crippen LogP contribution is -2.29. The van der Waals surface area contributed by atoms with Crippen LogP contribution in [0.15, 0.2) is 53.5 Å². The molecule has 0 bridgehead atoms. The van der Waals surface area contributed by atoms with E-state index in [-0.39, 0.29) is 23.6 Å². The summed E-state index contributed by atoms with van der Waals surface area (Å²) in [7, 11) is 0. The highest BCUT2D eigenvalue weighted by Gasteiger charge is 2.34. The number of pyridine rings is 1. The second-order valence-electron chi connectivity index (χ2n) is 9.17. The Morgan fingerprint density at radius 1 is 1.21 bits per heavy atom. The molecule has 1 unspecified atom stereocenters. The molecule has 2 aromatic carbocycles. The number of carbonyl (C=O) groups excluding carboxylic acids is 1. The number of benzene rings is 2. The number of hydrogen-bond donors (Lipinski definition) is 0. The molecular formula is C28H29NO5. The summed E-state index contributed by atoms with van der Waals surface area (Å²) in [6.07, 6.45) is 3.21. The van der Waals surface area contributed by atoms with E-state index in [1.165, 1.54) is 0 Å². The maximum Gasteiger partial charge on any atom is 0.343 e. The number of esters is 1. The summed E-state index contributed by atoms with van der Waals surface area (Å²) >= 11 is 0. The minimum absolute atomic E-state index is 0.0791. The van der Waals surface area contributed by atoms with Crippen molar-refractivity contribution < 1.29 is 19.0 Å². The Kier molecular flexibility index (Phi) is 5.90. The summed E-state index contributed by atoms with van der Waals surface area (Å²) in [6.45, 7) is 7.32. The topological polar surface area (TPSA) is 66.8 Å². The average Bonchev–Trinajstić information content (AvgIpc) is 3.32. The van der Waals surface area contributed by atoms with Crippen LogP contribution in [0.5, 0.6) is 11.5 Å². The van der Waals surface area contributed by atoms with E-state index in [0.29, 0.717) is 19.1 Å². The average molecular weight is 460 g/mol. The number of rotatable bonds is 6. The molecule has 0 saturated carbocycles. The molecule has 3 aromatic rings. The van der Waals surface area contributed by atoms with E-state index in [0.717, 1.165) is 52.3 Å². The third-order valence-electron chi connectivity index (χ3n) is 6.65. The van der Waals surface area contributed by atoms with Crippen LogP contribution in [0.1, 0.15) is 53.9 Å². The molecule has 6 heteroatoms. The van der Waals surface area contributed by atoms with Crippen molar-refractivity contribution in [2.45, 2.75) is 46.3 Å². The van der Waals surface area contributed by atoms with Crippen molar-refractivity contribution in [2.24, 2.45) is 5.92 Å². The molecule has 3 heterocycles. The Morgan fingerprint density at radius 3 is 2.74 bits per heavy atom. The van der Waals surface area contributed by atoms with Crippen LogP contribution >= 0.6 is 0 Å². The first-order valence-corrected chi connectivity index (χ1v) is 11.9. The third kappa shape index (κ3) is 3.87. The van der Waals surface area contributed by atoms with Gasteiger partial charge in [0.2, 0.25) is 0 Å². The molecule has 0 aliphatic carbocycles. The highest BCUT2D eigenvalue weighted by atomic mass is 16.5. The molecule has 5 rings (SSSR count). The number of nitrogens with zero attached hydrogens (tertiary/aromatic N) is 1. The van der Waals surface area contributed by atoms with Crippen LogP contribution in [0, 0.1) is 5.92 Å². The first kappa shape index (κ1) is 22.3. The van der Waals surface area contributed by atoms with Gasteiger partial charge in [-0.1, -0.05) is 44.2 Å². The largest absolute Gasteiger partial charge is 0.489 e. The fourth-order valence-corrected chi connectivity index (χ4v) is 4.99. The summed E-state index contributed by atoms with van der Waals surface area (Å²) in [4.78, 5) is 25.4. The molecule has 0 radical (unpaired) electrons. The fraction of sp³-hybridized carbons (Fsp3) is 0.357. The predicted molar refractivity (Wildman–Crippen MR) is 130 cm³/mol. The number of fused-ring (bicyclic) bond motifs is 5. The van der Waals surface area contributed by atoms with Gasteiger partial charge >= 0.3 is 5.97 Å². The van der Waals surface area contributed by atoms with Crippen molar-refractivity contribution in [1.29, 1.82) is 0 Å². The highest BCUT2D eigenvalue weighted by molar-refractivity contribution is 5.90. The van der Waals surface area contributed by atoms with Crippen molar-refractivity contribution in [1.82, 2.24) is 4.57 Å². The van der Waals surface area contributed by atoms with Gasteiger partial charge in [-0.3, -0.25) is 4.79 Å². The van der Waals surface area contributed by atoms with Crippen molar-refractivity contribution in [3.63, 3.8) is 0 Å². The minimum Gasteiger partial charge on any atom is -0.489 e. The first-order chi connectivity index (χ1) is 16.5. The van der Waals surface area contributed by atoms with Gasteiger partial charge in [-0.15, -0.1) is 0 Å². The Labute approximate surface area is 199 Å². The molecule has 6 nitrogen and oxygen atoms in total. The van der Waals surface area contributed by atoms with E-state index >= 15 is 0 Å². The Bertz CT molecular complexity index is 1290. The van der Waals surface area contributed by atoms with Gasteiger partial charge in [-0.05, 0) is 36.5 Å². The zero-order valence-electron chi connectivity index (χ0n) is 19.8. The molecule has 0 amide bonds. The van der Waals surface area contributed by atoms with E-state index in [4.69, 9.17) is 14.2 Å². The van der Waals surface area contributed by atoms with Crippen LogP contribution in [-0.4, -0.2) is 23.8 Å². The van der Waals surface area contributed by atoms with Gasteiger partial charge in [0.15, 0.2) is 16.9 Å². The van der Waals surface area contributed by atoms with Crippen molar-refractivity contribution >= 4 is 5.97 Å². The van der Waals surface area contributed by atoms with E-state index in [1.807, 2.05) is 30.3 Å². The van der Waals surface area contributed by atoms with Crippen LogP contribution in [-0.2, 0) is 24.2 Å². The van der Waals surface area contributed by atoms with E-state index in [2.05, 4.69) is 24.5 Å². The molecule has 0 N–H and O–H groups in total. The van der Waals surface area contributed by atoms with Gasteiger partial charge in [0.1, 0.15) is 12.2 Å². The molecular weight excluding hydrogens is 430 g/mol. The van der Waals surface area contributed by atoms with Crippen molar-refractivity contribution in [2.75, 3.05) is 13.2 Å². The zero-order chi connectivity index (χ0) is 23.8. The SMILES string of the molecule is CCOC(=O)c1cn2c(cc1=O)-c1c(cc(OCc3ccccc3)c3c1CCO3)CC2C(C)C. The second-order valence-corrected chi connectivity index (χ2v) is 9.17. The van der Waals surface area contributed by atoms with Crippen LogP contribution < -0.4 is 14.9 Å². The van der Waals surface area contributed by atoms with E-state index in [9.17, 15) is 9.59 Å². The lowest BCUT2D eigenvalue weighted by atomic mass is 9.84. The predicted octanol–water partition coefficient (Wildman–Crippen LogP) is 4.96. The Morgan fingerprint density at radius 2 is 2.00 bits per heavy atom. The number of hydrogen-bond acceptors (Lipinski definition) is 5. The molecule has 1 atom stereocenters. The molecule has 34 heavy (non-hydrogen) atoms. The lowest BCUT2D eigenvalue weighted by molar-refractivity contribution is 0.0523. The van der Waals surface area contributed by atoms with Crippen molar-refractivity contribution in [3.8, 4) is 22.8 Å². The third-order valence-corrected chi connectivity index (χ3v) is 6.65. The number of carbonyl (C=O) groups is 1. The van der Waals surface area contributed by atoms with Crippen LogP contribution in [0.4, 0.5) is 0 Å². The lowest BCUT2D eigenvalue weighted by Gasteiger charge is -2.34. The van der Waals surface area contributed by atoms with Gasteiger partial charge in [0.25, 0.3) is 0 Å². The van der Waals surface area contributed by atoms with Gasteiger partial charge in [0.05, 0.1) is 18.9 Å². The van der Waals surface area contributed by atoms with E-state index < -0.39 is 5.97 Å². The maximum atomic E-state index is 13.0. The second kappa shape index (κ2) is 9.01. The highest BCUT2D eigenvalue weighted by Crippen LogP contribution is 2.48. The van der Waals surface area contributed by atoms with Crippen LogP contribution in [0.2, 0.25) is 0 Å². The maximum absolute atomic E-state index is 13.0. The Hall–Kier alpha value is -3.54. The Balaban J connectivity index is 1.62. The summed E-state index contributed by atoms with van der Waals surface area (Å²) in [5.41, 5.74) is 4.93. The molecule has 2 aliphatic rings. The van der Waals surface area contributed by atoms with Gasteiger partial charge in [0, 0.05) is 35.9 Å². The molecule has 0 saturated heterocycles. The van der Waals surface area contributed by atoms with E-state index in [1.54, 1.807) is 19.2 Å². The summed E-state index contributed by atoms with van der Waals surface area (Å²) < 4.78 is 19.5. The molecule has 176 valence electrons. The monoisotopic (exact) mass is 459 g/mol. The molecule has 2 aliphatic heterocycles. The zero-order valence-corrected chi connectivity index (χ0v) is 19.8.